The van der Waals surface area contributed by atoms with Gasteiger partial charge in [0.15, 0.2) is 0 Å². The molecule has 0 radical (unpaired) electrons. The van der Waals surface area contributed by atoms with Gasteiger partial charge >= 0.3 is 0 Å². The number of thioether (sulfide) groups is 1. The molecule has 1 atom stereocenters. The minimum absolute atomic E-state index is 0.368. The van der Waals surface area contributed by atoms with Gasteiger partial charge in [-0.25, -0.2) is 0 Å². The Kier molecular flexibility index (Phi) is 4.78. The zero-order valence-corrected chi connectivity index (χ0v) is 9.90. The van der Waals surface area contributed by atoms with Gasteiger partial charge in [0.25, 0.3) is 0 Å². The number of hydrogen-bond acceptors (Lipinski definition) is 3. The van der Waals surface area contributed by atoms with Crippen molar-refractivity contribution in [3.8, 4) is 11.5 Å². The topological polar surface area (TPSA) is 47.6 Å². The molecule has 0 saturated heterocycles. The zero-order chi connectivity index (χ0) is 11.3. The first-order chi connectivity index (χ1) is 7.17. The summed E-state index contributed by atoms with van der Waals surface area (Å²) < 4.78 is 0. The third-order valence-corrected chi connectivity index (χ3v) is 3.15. The highest BCUT2D eigenvalue weighted by Gasteiger charge is 2.09. The summed E-state index contributed by atoms with van der Waals surface area (Å²) in [6.07, 6.45) is 0.492. The van der Waals surface area contributed by atoms with Crippen LogP contribution in [0.4, 0.5) is 0 Å². The molecule has 1 aromatic rings. The first kappa shape index (κ1) is 12.2. The maximum absolute atomic E-state index is 8.76. The number of thiocyanates is 1. The first-order valence-electron chi connectivity index (χ1n) is 4.05. The fourth-order valence-corrected chi connectivity index (χ4v) is 1.83. The molecule has 0 heterocycles. The average molecular weight is 257 g/mol. The molecule has 5 heteroatoms. The van der Waals surface area contributed by atoms with Crippen molar-refractivity contribution in [2.45, 2.75) is 11.7 Å². The molecular formula is C10H6Cl2N2S. The third-order valence-electron chi connectivity index (χ3n) is 1.74. The third kappa shape index (κ3) is 3.64. The lowest BCUT2D eigenvalue weighted by Gasteiger charge is -2.05. The Bertz CT molecular complexity index is 434. The van der Waals surface area contributed by atoms with Crippen LogP contribution in [0.15, 0.2) is 18.2 Å². The number of nitrogens with zero attached hydrogens (tertiary/aromatic N) is 2. The summed E-state index contributed by atoms with van der Waals surface area (Å²) in [5.41, 5.74) is 0.902. The predicted octanol–water partition coefficient (Wildman–Crippen LogP) is 3.64. The maximum Gasteiger partial charge on any atom is 0.134 e. The zero-order valence-electron chi connectivity index (χ0n) is 7.58. The van der Waals surface area contributed by atoms with Gasteiger partial charge in [0.1, 0.15) is 10.7 Å². The molecule has 0 bridgehead atoms. The Morgan fingerprint density at radius 3 is 2.53 bits per heavy atom. The molecule has 0 aliphatic rings. The minimum atomic E-state index is -0.368. The summed E-state index contributed by atoms with van der Waals surface area (Å²) in [7, 11) is 0. The van der Waals surface area contributed by atoms with E-state index >= 15 is 0 Å². The van der Waals surface area contributed by atoms with Crippen LogP contribution in [0.2, 0.25) is 10.0 Å². The summed E-state index contributed by atoms with van der Waals surface area (Å²) in [5.74, 6) is 0. The quantitative estimate of drug-likeness (QED) is 0.776. The molecule has 0 saturated carbocycles. The fraction of sp³-hybridized carbons (Fsp3) is 0.200. The predicted molar refractivity (Wildman–Crippen MR) is 62.8 cm³/mol. The Labute approximate surface area is 102 Å². The van der Waals surface area contributed by atoms with Gasteiger partial charge in [-0.3, -0.25) is 0 Å². The molecule has 76 valence electrons. The standard InChI is InChI=1S/C10H6Cl2N2S/c11-9-2-1-7(4-10(9)12)3-8(5-13)15-6-14/h1-2,4,8H,3H2. The molecule has 2 nitrogen and oxygen atoms in total. The lowest BCUT2D eigenvalue weighted by Crippen LogP contribution is -2.02. The van der Waals surface area contributed by atoms with Crippen molar-refractivity contribution in [2.75, 3.05) is 0 Å². The van der Waals surface area contributed by atoms with E-state index in [0.717, 1.165) is 17.3 Å². The number of nitriles is 2. The Balaban J connectivity index is 2.77. The highest BCUT2D eigenvalue weighted by atomic mass is 35.5. The van der Waals surface area contributed by atoms with Gasteiger partial charge in [0.05, 0.1) is 16.1 Å². The van der Waals surface area contributed by atoms with Gasteiger partial charge in [-0.2, -0.15) is 10.5 Å². The van der Waals surface area contributed by atoms with E-state index in [0.29, 0.717) is 16.5 Å². The highest BCUT2D eigenvalue weighted by molar-refractivity contribution is 8.04. The van der Waals surface area contributed by atoms with Crippen LogP contribution in [0.5, 0.6) is 0 Å². The van der Waals surface area contributed by atoms with Crippen molar-refractivity contribution < 1.29 is 0 Å². The van der Waals surface area contributed by atoms with E-state index < -0.39 is 0 Å². The van der Waals surface area contributed by atoms with E-state index in [4.69, 9.17) is 33.7 Å². The van der Waals surface area contributed by atoms with Gasteiger partial charge in [-0.05, 0) is 35.9 Å². The molecule has 1 aromatic carbocycles. The van der Waals surface area contributed by atoms with E-state index in [2.05, 4.69) is 0 Å². The van der Waals surface area contributed by atoms with Crippen LogP contribution in [-0.2, 0) is 6.42 Å². The second-order valence-corrected chi connectivity index (χ2v) is 4.58. The van der Waals surface area contributed by atoms with Gasteiger partial charge in [-0.1, -0.05) is 29.3 Å². The van der Waals surface area contributed by atoms with Crippen molar-refractivity contribution in [2.24, 2.45) is 0 Å². The molecule has 0 aliphatic carbocycles. The van der Waals surface area contributed by atoms with E-state index in [-0.39, 0.29) is 5.25 Å². The second-order valence-electron chi connectivity index (χ2n) is 2.78. The first-order valence-corrected chi connectivity index (χ1v) is 5.69. The molecule has 0 aromatic heterocycles. The van der Waals surface area contributed by atoms with Crippen LogP contribution in [0.25, 0.3) is 0 Å². The van der Waals surface area contributed by atoms with Crippen LogP contribution in [-0.4, -0.2) is 5.25 Å². The normalized spacial score (nSPS) is 11.5. The van der Waals surface area contributed by atoms with Gasteiger partial charge in [0, 0.05) is 0 Å². The molecule has 1 rings (SSSR count). The van der Waals surface area contributed by atoms with Gasteiger partial charge in [0.2, 0.25) is 0 Å². The fourth-order valence-electron chi connectivity index (χ4n) is 1.06. The molecule has 0 N–H and O–H groups in total. The molecule has 0 fully saturated rings. The maximum atomic E-state index is 8.76. The van der Waals surface area contributed by atoms with Gasteiger partial charge < -0.3 is 0 Å². The van der Waals surface area contributed by atoms with Crippen LogP contribution in [0.3, 0.4) is 0 Å². The van der Waals surface area contributed by atoms with E-state index in [1.165, 1.54) is 0 Å². The van der Waals surface area contributed by atoms with Crippen molar-refractivity contribution in [3.63, 3.8) is 0 Å². The van der Waals surface area contributed by atoms with E-state index in [1.54, 1.807) is 18.2 Å². The molecule has 15 heavy (non-hydrogen) atoms. The smallest absolute Gasteiger partial charge is 0.134 e. The second kappa shape index (κ2) is 5.88. The monoisotopic (exact) mass is 256 g/mol. The summed E-state index contributed by atoms with van der Waals surface area (Å²) >= 11 is 12.5. The SMILES string of the molecule is N#CSC(C#N)Cc1ccc(Cl)c(Cl)c1. The molecule has 0 aliphatic heterocycles. The van der Waals surface area contributed by atoms with Crippen molar-refractivity contribution in [1.82, 2.24) is 0 Å². The van der Waals surface area contributed by atoms with Crippen LogP contribution in [0.1, 0.15) is 5.56 Å². The molecule has 1 unspecified atom stereocenters. The average Bonchev–Trinajstić information content (AvgIpc) is 2.23. The molecular weight excluding hydrogens is 251 g/mol. The summed E-state index contributed by atoms with van der Waals surface area (Å²) in [5, 5.41) is 19.7. The van der Waals surface area contributed by atoms with Gasteiger partial charge in [-0.15, -0.1) is 0 Å². The van der Waals surface area contributed by atoms with Crippen LogP contribution < -0.4 is 0 Å². The Morgan fingerprint density at radius 1 is 1.27 bits per heavy atom. The Morgan fingerprint density at radius 2 is 2.00 bits per heavy atom. The lowest BCUT2D eigenvalue weighted by atomic mass is 10.1. The Hall–Kier alpha value is -0.870. The summed E-state index contributed by atoms with van der Waals surface area (Å²) in [6.45, 7) is 0. The lowest BCUT2D eigenvalue weighted by molar-refractivity contribution is 1.03. The molecule has 0 spiro atoms. The van der Waals surface area contributed by atoms with Crippen molar-refractivity contribution in [3.05, 3.63) is 33.8 Å². The number of benzene rings is 1. The number of halogens is 2. The van der Waals surface area contributed by atoms with E-state index in [9.17, 15) is 0 Å². The number of hydrogen-bond donors (Lipinski definition) is 0. The van der Waals surface area contributed by atoms with Crippen LogP contribution >= 0.6 is 35.0 Å². The van der Waals surface area contributed by atoms with E-state index in [1.807, 2.05) is 11.5 Å². The minimum Gasteiger partial charge on any atom is -0.197 e. The number of rotatable bonds is 3. The van der Waals surface area contributed by atoms with Crippen molar-refractivity contribution in [1.29, 1.82) is 10.5 Å². The molecule has 0 amide bonds. The van der Waals surface area contributed by atoms with Crippen LogP contribution in [0, 0.1) is 22.0 Å². The summed E-state index contributed by atoms with van der Waals surface area (Å²) in [6, 6.07) is 7.25. The highest BCUT2D eigenvalue weighted by Crippen LogP contribution is 2.24. The summed E-state index contributed by atoms with van der Waals surface area (Å²) in [4.78, 5) is 0. The largest absolute Gasteiger partial charge is 0.197 e. The van der Waals surface area contributed by atoms with Crippen molar-refractivity contribution >= 4 is 35.0 Å².